The van der Waals surface area contributed by atoms with Gasteiger partial charge in [-0.05, 0) is 48.9 Å². The minimum atomic E-state index is -3.70. The maximum atomic E-state index is 13.4. The van der Waals surface area contributed by atoms with Crippen LogP contribution in [0.3, 0.4) is 0 Å². The molecule has 1 N–H and O–H groups in total. The molecule has 1 aliphatic heterocycles. The zero-order chi connectivity index (χ0) is 21.0. The molecule has 0 fully saturated rings. The molecule has 1 atom stereocenters. The molecule has 1 unspecified atom stereocenters. The smallest absolute Gasteiger partial charge is 0.243 e. The van der Waals surface area contributed by atoms with Gasteiger partial charge in [-0.2, -0.15) is 4.31 Å². The summed E-state index contributed by atoms with van der Waals surface area (Å²) < 4.78 is 28.3. The third-order valence-electron chi connectivity index (χ3n) is 5.41. The summed E-state index contributed by atoms with van der Waals surface area (Å²) in [7, 11) is -3.70. The van der Waals surface area contributed by atoms with Crippen molar-refractivity contribution in [1.29, 1.82) is 0 Å². The first-order chi connectivity index (χ1) is 13.8. The van der Waals surface area contributed by atoms with Gasteiger partial charge in [0.25, 0.3) is 0 Å². The number of carbonyl (C=O) groups is 1. The van der Waals surface area contributed by atoms with Crippen LogP contribution in [-0.2, 0) is 21.2 Å². The van der Waals surface area contributed by atoms with Gasteiger partial charge in [-0.1, -0.05) is 55.8 Å². The second kappa shape index (κ2) is 9.09. The summed E-state index contributed by atoms with van der Waals surface area (Å²) in [5.41, 5.74) is 3.05. The van der Waals surface area contributed by atoms with Gasteiger partial charge in [0.1, 0.15) is 0 Å². The van der Waals surface area contributed by atoms with Gasteiger partial charge in [-0.3, -0.25) is 4.79 Å². The molecule has 1 heterocycles. The summed E-state index contributed by atoms with van der Waals surface area (Å²) in [6.45, 7) is 7.13. The number of carbonyl (C=O) groups excluding carboxylic acids is 1. The Balaban J connectivity index is 1.89. The fraction of sp³-hybridized carbons (Fsp3) is 0.435. The molecule has 0 aromatic heterocycles. The minimum absolute atomic E-state index is 0.114. The van der Waals surface area contributed by atoms with Crippen LogP contribution in [0, 0.1) is 12.8 Å². The number of benzene rings is 2. The summed E-state index contributed by atoms with van der Waals surface area (Å²) in [4.78, 5) is 12.9. The first-order valence-corrected chi connectivity index (χ1v) is 11.7. The molecular formula is C23H30N2O3S. The number of hydrogen-bond acceptors (Lipinski definition) is 3. The number of rotatable bonds is 7. The Morgan fingerprint density at radius 3 is 2.52 bits per heavy atom. The van der Waals surface area contributed by atoms with E-state index in [4.69, 9.17) is 0 Å². The van der Waals surface area contributed by atoms with Crippen LogP contribution < -0.4 is 5.32 Å². The Bertz CT molecular complexity index is 952. The summed E-state index contributed by atoms with van der Waals surface area (Å²) >= 11 is 0. The second-order valence-corrected chi connectivity index (χ2v) is 10.0. The Kier molecular flexibility index (Phi) is 6.75. The van der Waals surface area contributed by atoms with Crippen LogP contribution >= 0.6 is 0 Å². The molecule has 3 rings (SSSR count). The molecular weight excluding hydrogens is 384 g/mol. The van der Waals surface area contributed by atoms with Gasteiger partial charge in [-0.15, -0.1) is 0 Å². The molecule has 2 aromatic carbocycles. The van der Waals surface area contributed by atoms with Crippen LogP contribution in [0.4, 0.5) is 0 Å². The quantitative estimate of drug-likeness (QED) is 0.749. The molecule has 0 bridgehead atoms. The zero-order valence-corrected chi connectivity index (χ0v) is 18.2. The highest BCUT2D eigenvalue weighted by Crippen LogP contribution is 2.36. The van der Waals surface area contributed by atoms with E-state index >= 15 is 0 Å². The van der Waals surface area contributed by atoms with Crippen molar-refractivity contribution in [3.8, 4) is 0 Å². The van der Waals surface area contributed by atoms with E-state index in [1.54, 1.807) is 24.3 Å². The molecule has 0 radical (unpaired) electrons. The van der Waals surface area contributed by atoms with E-state index in [1.165, 1.54) is 4.31 Å². The average Bonchev–Trinajstić information content (AvgIpc) is 2.68. The van der Waals surface area contributed by atoms with Crippen molar-refractivity contribution in [1.82, 2.24) is 9.62 Å². The van der Waals surface area contributed by atoms with Crippen molar-refractivity contribution in [3.63, 3.8) is 0 Å². The van der Waals surface area contributed by atoms with Crippen LogP contribution in [0.15, 0.2) is 53.4 Å². The van der Waals surface area contributed by atoms with Crippen molar-refractivity contribution in [2.75, 3.05) is 13.1 Å². The lowest BCUT2D eigenvalue weighted by molar-refractivity contribution is -0.122. The second-order valence-electron chi connectivity index (χ2n) is 8.13. The Morgan fingerprint density at radius 2 is 1.83 bits per heavy atom. The predicted molar refractivity (Wildman–Crippen MR) is 115 cm³/mol. The van der Waals surface area contributed by atoms with Gasteiger partial charge in [0, 0.05) is 19.5 Å². The summed E-state index contributed by atoms with van der Waals surface area (Å²) in [5.74, 6) is 0.389. The molecule has 29 heavy (non-hydrogen) atoms. The number of hydrogen-bond donors (Lipinski definition) is 1. The molecule has 1 amide bonds. The molecule has 6 heteroatoms. The normalized spacial score (nSPS) is 17.2. The van der Waals surface area contributed by atoms with E-state index in [-0.39, 0.29) is 17.2 Å². The van der Waals surface area contributed by atoms with Crippen molar-refractivity contribution in [2.24, 2.45) is 5.92 Å². The SMILES string of the molecule is Cc1ccc(S(=O)(=O)N2CCc3ccccc3C2CC(=O)NCCC(C)C)cc1. The molecule has 0 saturated carbocycles. The average molecular weight is 415 g/mol. The number of sulfonamides is 1. The maximum absolute atomic E-state index is 13.4. The van der Waals surface area contributed by atoms with E-state index in [2.05, 4.69) is 19.2 Å². The Labute approximate surface area is 174 Å². The minimum Gasteiger partial charge on any atom is -0.356 e. The third kappa shape index (κ3) is 5.06. The number of nitrogens with one attached hydrogen (secondary N) is 1. The van der Waals surface area contributed by atoms with Crippen molar-refractivity contribution < 1.29 is 13.2 Å². The van der Waals surface area contributed by atoms with Crippen LogP contribution in [0.1, 0.15) is 49.4 Å². The maximum Gasteiger partial charge on any atom is 0.243 e. The highest BCUT2D eigenvalue weighted by molar-refractivity contribution is 7.89. The first kappa shape index (κ1) is 21.5. The zero-order valence-electron chi connectivity index (χ0n) is 17.4. The third-order valence-corrected chi connectivity index (χ3v) is 7.34. The standard InChI is InChI=1S/C23H30N2O3S/c1-17(2)12-14-24-23(26)16-22-21-7-5-4-6-19(21)13-15-25(22)29(27,28)20-10-8-18(3)9-11-20/h4-11,17,22H,12-16H2,1-3H3,(H,24,26). The number of fused-ring (bicyclic) bond motifs is 1. The van der Waals surface area contributed by atoms with Crippen LogP contribution in [0.5, 0.6) is 0 Å². The summed E-state index contributed by atoms with van der Waals surface area (Å²) in [6, 6.07) is 14.2. The van der Waals surface area contributed by atoms with E-state index in [9.17, 15) is 13.2 Å². The lowest BCUT2D eigenvalue weighted by Gasteiger charge is -2.36. The molecule has 5 nitrogen and oxygen atoms in total. The van der Waals surface area contributed by atoms with Gasteiger partial charge >= 0.3 is 0 Å². The molecule has 2 aromatic rings. The van der Waals surface area contributed by atoms with Crippen molar-refractivity contribution in [3.05, 3.63) is 65.2 Å². The van der Waals surface area contributed by atoms with Gasteiger partial charge in [-0.25, -0.2) is 8.42 Å². The van der Waals surface area contributed by atoms with E-state index in [0.29, 0.717) is 25.4 Å². The van der Waals surface area contributed by atoms with Crippen LogP contribution in [-0.4, -0.2) is 31.7 Å². The number of nitrogens with zero attached hydrogens (tertiary/aromatic N) is 1. The largest absolute Gasteiger partial charge is 0.356 e. The molecule has 0 spiro atoms. The topological polar surface area (TPSA) is 66.5 Å². The first-order valence-electron chi connectivity index (χ1n) is 10.2. The lowest BCUT2D eigenvalue weighted by Crippen LogP contribution is -2.42. The van der Waals surface area contributed by atoms with Gasteiger partial charge in [0.15, 0.2) is 0 Å². The van der Waals surface area contributed by atoms with Gasteiger partial charge in [0.05, 0.1) is 10.9 Å². The molecule has 0 aliphatic carbocycles. The van der Waals surface area contributed by atoms with Gasteiger partial charge < -0.3 is 5.32 Å². The van der Waals surface area contributed by atoms with E-state index in [0.717, 1.165) is 23.1 Å². The van der Waals surface area contributed by atoms with Gasteiger partial charge in [0.2, 0.25) is 15.9 Å². The Hall–Kier alpha value is -2.18. The van der Waals surface area contributed by atoms with Crippen molar-refractivity contribution >= 4 is 15.9 Å². The highest BCUT2D eigenvalue weighted by Gasteiger charge is 2.37. The van der Waals surface area contributed by atoms with Crippen LogP contribution in [0.25, 0.3) is 0 Å². The fourth-order valence-corrected chi connectivity index (χ4v) is 5.33. The van der Waals surface area contributed by atoms with E-state index < -0.39 is 16.1 Å². The van der Waals surface area contributed by atoms with E-state index in [1.807, 2.05) is 31.2 Å². The monoisotopic (exact) mass is 414 g/mol. The predicted octanol–water partition coefficient (Wildman–Crippen LogP) is 3.84. The summed E-state index contributed by atoms with van der Waals surface area (Å²) in [6.07, 6.45) is 1.67. The van der Waals surface area contributed by atoms with Crippen LogP contribution in [0.2, 0.25) is 0 Å². The highest BCUT2D eigenvalue weighted by atomic mass is 32.2. The molecule has 156 valence electrons. The summed E-state index contributed by atoms with van der Waals surface area (Å²) in [5, 5.41) is 2.95. The Morgan fingerprint density at radius 1 is 1.14 bits per heavy atom. The molecule has 0 saturated heterocycles. The number of aryl methyl sites for hydroxylation is 1. The number of amides is 1. The fourth-order valence-electron chi connectivity index (χ4n) is 3.72. The van der Waals surface area contributed by atoms with Crippen molar-refractivity contribution in [2.45, 2.75) is 51.0 Å². The molecule has 1 aliphatic rings. The lowest BCUT2D eigenvalue weighted by atomic mass is 9.92.